The number of ether oxygens (including phenoxy) is 1. The molecular formula is C24H23N3O3. The molecular weight excluding hydrogens is 378 g/mol. The zero-order chi connectivity index (χ0) is 21.4. The fourth-order valence-corrected chi connectivity index (χ4v) is 3.64. The van der Waals surface area contributed by atoms with Crippen molar-refractivity contribution in [2.75, 3.05) is 0 Å². The summed E-state index contributed by atoms with van der Waals surface area (Å²) in [5.74, 6) is -0.135. The van der Waals surface area contributed by atoms with Gasteiger partial charge in [0, 0.05) is 17.1 Å². The number of esters is 1. The third-order valence-electron chi connectivity index (χ3n) is 5.24. The first-order valence-corrected chi connectivity index (χ1v) is 9.81. The second-order valence-electron chi connectivity index (χ2n) is 7.47. The van der Waals surface area contributed by atoms with Crippen molar-refractivity contribution >= 4 is 16.9 Å². The van der Waals surface area contributed by atoms with Crippen molar-refractivity contribution in [2.24, 2.45) is 0 Å². The molecule has 30 heavy (non-hydrogen) atoms. The Morgan fingerprint density at radius 2 is 1.77 bits per heavy atom. The van der Waals surface area contributed by atoms with E-state index in [9.17, 15) is 9.59 Å². The van der Waals surface area contributed by atoms with E-state index >= 15 is 0 Å². The van der Waals surface area contributed by atoms with Gasteiger partial charge in [-0.2, -0.15) is 0 Å². The highest BCUT2D eigenvalue weighted by Gasteiger charge is 2.22. The second-order valence-corrected chi connectivity index (χ2v) is 7.47. The smallest absolute Gasteiger partial charge is 0.340 e. The van der Waals surface area contributed by atoms with E-state index in [1.165, 1.54) is 5.56 Å². The molecule has 4 rings (SSSR count). The first-order chi connectivity index (χ1) is 14.3. The number of para-hydroxylation sites is 1. The second kappa shape index (κ2) is 7.63. The lowest BCUT2D eigenvalue weighted by Crippen LogP contribution is -2.17. The number of H-pyrrole nitrogens is 1. The molecule has 0 aliphatic heterocycles. The molecule has 152 valence electrons. The number of hydrogen-bond donors (Lipinski definition) is 1. The van der Waals surface area contributed by atoms with Crippen molar-refractivity contribution in [1.29, 1.82) is 0 Å². The minimum Gasteiger partial charge on any atom is -0.451 e. The van der Waals surface area contributed by atoms with E-state index in [2.05, 4.69) is 9.97 Å². The highest BCUT2D eigenvalue weighted by Crippen LogP contribution is 2.24. The predicted molar refractivity (Wildman–Crippen MR) is 116 cm³/mol. The van der Waals surface area contributed by atoms with Crippen LogP contribution in [0, 0.1) is 20.8 Å². The minimum absolute atomic E-state index is 0.254. The van der Waals surface area contributed by atoms with Crippen LogP contribution in [-0.4, -0.2) is 20.5 Å². The first kappa shape index (κ1) is 19.6. The molecule has 1 unspecified atom stereocenters. The Morgan fingerprint density at radius 3 is 2.50 bits per heavy atom. The summed E-state index contributed by atoms with van der Waals surface area (Å²) in [6.45, 7) is 7.58. The maximum atomic E-state index is 12.9. The number of benzene rings is 2. The highest BCUT2D eigenvalue weighted by atomic mass is 16.5. The van der Waals surface area contributed by atoms with Crippen LogP contribution in [0.4, 0.5) is 0 Å². The highest BCUT2D eigenvalue weighted by molar-refractivity contribution is 5.91. The van der Waals surface area contributed by atoms with Crippen LogP contribution in [0.25, 0.3) is 16.6 Å². The lowest BCUT2D eigenvalue weighted by atomic mass is 10.2. The molecule has 2 heterocycles. The third-order valence-corrected chi connectivity index (χ3v) is 5.24. The van der Waals surface area contributed by atoms with Crippen molar-refractivity contribution < 1.29 is 9.53 Å². The molecule has 1 N–H and O–H groups in total. The van der Waals surface area contributed by atoms with Gasteiger partial charge in [-0.15, -0.1) is 0 Å². The summed E-state index contributed by atoms with van der Waals surface area (Å²) < 4.78 is 7.67. The van der Waals surface area contributed by atoms with Gasteiger partial charge in [-0.1, -0.05) is 29.8 Å². The van der Waals surface area contributed by atoms with Gasteiger partial charge in [-0.3, -0.25) is 4.79 Å². The van der Waals surface area contributed by atoms with E-state index < -0.39 is 12.1 Å². The summed E-state index contributed by atoms with van der Waals surface area (Å²) in [4.78, 5) is 32.4. The first-order valence-electron chi connectivity index (χ1n) is 9.81. The predicted octanol–water partition coefficient (Wildman–Crippen LogP) is 4.56. The Hall–Kier alpha value is -3.67. The van der Waals surface area contributed by atoms with Gasteiger partial charge in [0.15, 0.2) is 11.9 Å². The van der Waals surface area contributed by atoms with E-state index in [0.29, 0.717) is 22.3 Å². The maximum absolute atomic E-state index is 12.9. The molecule has 4 aromatic rings. The van der Waals surface area contributed by atoms with Gasteiger partial charge < -0.3 is 14.3 Å². The molecule has 0 aliphatic rings. The molecule has 0 bridgehead atoms. The van der Waals surface area contributed by atoms with Crippen molar-refractivity contribution in [2.45, 2.75) is 33.8 Å². The van der Waals surface area contributed by atoms with Crippen LogP contribution in [-0.2, 0) is 4.74 Å². The quantitative estimate of drug-likeness (QED) is 0.509. The van der Waals surface area contributed by atoms with Crippen molar-refractivity contribution in [1.82, 2.24) is 14.5 Å². The largest absolute Gasteiger partial charge is 0.451 e. The summed E-state index contributed by atoms with van der Waals surface area (Å²) in [5, 5.41) is 0.501. The van der Waals surface area contributed by atoms with Crippen molar-refractivity contribution in [3.63, 3.8) is 0 Å². The number of aromatic nitrogens is 3. The van der Waals surface area contributed by atoms with E-state index in [1.54, 1.807) is 25.1 Å². The van der Waals surface area contributed by atoms with Crippen LogP contribution in [0.1, 0.15) is 46.2 Å². The average Bonchev–Trinajstić information content (AvgIpc) is 3.03. The van der Waals surface area contributed by atoms with Gasteiger partial charge in [-0.05, 0) is 58.0 Å². The number of hydrogen-bond acceptors (Lipinski definition) is 4. The average molecular weight is 401 g/mol. The number of carbonyl (C=O) groups is 1. The Bertz CT molecular complexity index is 1300. The minimum atomic E-state index is -0.697. The van der Waals surface area contributed by atoms with Crippen LogP contribution >= 0.6 is 0 Å². The van der Waals surface area contributed by atoms with Crippen LogP contribution in [0.5, 0.6) is 0 Å². The zero-order valence-electron chi connectivity index (χ0n) is 17.4. The normalized spacial score (nSPS) is 12.1. The number of aromatic amines is 1. The molecule has 0 amide bonds. The van der Waals surface area contributed by atoms with Gasteiger partial charge in [0.2, 0.25) is 0 Å². The van der Waals surface area contributed by atoms with E-state index in [4.69, 9.17) is 4.74 Å². The Morgan fingerprint density at radius 1 is 1.07 bits per heavy atom. The lowest BCUT2D eigenvalue weighted by Gasteiger charge is -2.14. The molecule has 0 aliphatic carbocycles. The van der Waals surface area contributed by atoms with Gasteiger partial charge in [0.05, 0.1) is 16.5 Å². The number of fused-ring (bicyclic) bond motifs is 1. The van der Waals surface area contributed by atoms with Gasteiger partial charge in [0.1, 0.15) is 0 Å². The summed E-state index contributed by atoms with van der Waals surface area (Å²) in [5.41, 5.74) is 4.70. The zero-order valence-corrected chi connectivity index (χ0v) is 17.4. The Balaban J connectivity index is 1.62. The molecule has 0 spiro atoms. The summed E-state index contributed by atoms with van der Waals surface area (Å²) in [7, 11) is 0. The number of aryl methyl sites for hydroxylation is 2. The van der Waals surface area contributed by atoms with Crippen LogP contribution < -0.4 is 5.56 Å². The molecule has 6 nitrogen and oxygen atoms in total. The van der Waals surface area contributed by atoms with Crippen LogP contribution in [0.2, 0.25) is 0 Å². The maximum Gasteiger partial charge on any atom is 0.340 e. The molecule has 0 fully saturated rings. The number of nitrogens with zero attached hydrogens (tertiary/aromatic N) is 2. The Labute approximate surface area is 174 Å². The van der Waals surface area contributed by atoms with E-state index in [1.807, 2.05) is 61.7 Å². The van der Waals surface area contributed by atoms with Crippen LogP contribution in [0.3, 0.4) is 0 Å². The number of rotatable bonds is 4. The fraction of sp³-hybridized carbons (Fsp3) is 0.208. The third kappa shape index (κ3) is 3.52. The SMILES string of the molecule is Cc1ccc(-n2c(C)cc(C(=O)OC(C)c3nc4ccccc4c(=O)[nH]3)c2C)cc1. The van der Waals surface area contributed by atoms with Gasteiger partial charge >= 0.3 is 5.97 Å². The molecule has 1 atom stereocenters. The molecule has 0 saturated carbocycles. The van der Waals surface area contributed by atoms with Crippen molar-refractivity contribution in [3.05, 3.63) is 93.3 Å². The summed E-state index contributed by atoms with van der Waals surface area (Å²) >= 11 is 0. The molecule has 6 heteroatoms. The summed E-state index contributed by atoms with van der Waals surface area (Å²) in [6.07, 6.45) is -0.697. The summed E-state index contributed by atoms with van der Waals surface area (Å²) in [6, 6.07) is 17.0. The number of carbonyl (C=O) groups excluding carboxylic acids is 1. The van der Waals surface area contributed by atoms with Gasteiger partial charge in [-0.25, -0.2) is 9.78 Å². The molecule has 2 aromatic heterocycles. The monoisotopic (exact) mass is 401 g/mol. The topological polar surface area (TPSA) is 77.0 Å². The van der Waals surface area contributed by atoms with Crippen molar-refractivity contribution in [3.8, 4) is 5.69 Å². The Kier molecular flexibility index (Phi) is 4.99. The lowest BCUT2D eigenvalue weighted by molar-refractivity contribution is 0.0319. The van der Waals surface area contributed by atoms with Crippen LogP contribution in [0.15, 0.2) is 59.4 Å². The van der Waals surface area contributed by atoms with E-state index in [0.717, 1.165) is 17.1 Å². The van der Waals surface area contributed by atoms with Gasteiger partial charge in [0.25, 0.3) is 5.56 Å². The fourth-order valence-electron chi connectivity index (χ4n) is 3.64. The number of nitrogens with one attached hydrogen (secondary N) is 1. The van der Waals surface area contributed by atoms with E-state index in [-0.39, 0.29) is 5.56 Å². The molecule has 2 aromatic carbocycles. The molecule has 0 saturated heterocycles. The molecule has 0 radical (unpaired) electrons. The standard InChI is InChI=1S/C24H23N3O3/c1-14-9-11-18(12-10-14)27-15(2)13-20(16(27)3)24(29)30-17(4)22-25-21-8-6-5-7-19(21)23(28)26-22/h5-13,17H,1-4H3,(H,25,26,28).